The molecule has 0 aliphatic carbocycles. The summed E-state index contributed by atoms with van der Waals surface area (Å²) in [5.41, 5.74) is 3.33. The summed E-state index contributed by atoms with van der Waals surface area (Å²) < 4.78 is 15.0. The van der Waals surface area contributed by atoms with Crippen LogP contribution >= 0.6 is 11.8 Å². The van der Waals surface area contributed by atoms with E-state index in [1.165, 1.54) is 36.0 Å². The predicted octanol–water partition coefficient (Wildman–Crippen LogP) is 4.76. The Labute approximate surface area is 187 Å². The number of nitrogens with zero attached hydrogens (tertiary/aromatic N) is 3. The van der Waals surface area contributed by atoms with Crippen LogP contribution in [-0.2, 0) is 11.3 Å². The van der Waals surface area contributed by atoms with Gasteiger partial charge < -0.3 is 19.9 Å². The van der Waals surface area contributed by atoms with E-state index in [0.29, 0.717) is 23.7 Å². The van der Waals surface area contributed by atoms with Crippen LogP contribution in [-0.4, -0.2) is 27.1 Å². The molecule has 0 bridgehead atoms. The van der Waals surface area contributed by atoms with Crippen molar-refractivity contribution in [1.29, 1.82) is 0 Å². The molecule has 2 N–H and O–H groups in total. The van der Waals surface area contributed by atoms with Crippen molar-refractivity contribution in [3.63, 3.8) is 0 Å². The van der Waals surface area contributed by atoms with Crippen LogP contribution < -0.4 is 15.5 Å². The summed E-state index contributed by atoms with van der Waals surface area (Å²) >= 11 is 1.47. The van der Waals surface area contributed by atoms with Crippen LogP contribution in [0.2, 0.25) is 0 Å². The van der Waals surface area contributed by atoms with Gasteiger partial charge in [0.2, 0.25) is 5.91 Å². The van der Waals surface area contributed by atoms with Gasteiger partial charge in [0.25, 0.3) is 0 Å². The van der Waals surface area contributed by atoms with Gasteiger partial charge in [-0.15, -0.1) is 11.8 Å². The van der Waals surface area contributed by atoms with Gasteiger partial charge in [0.1, 0.15) is 11.5 Å². The minimum Gasteiger partial charge on any atom is -0.308 e. The Bertz CT molecular complexity index is 1290. The summed E-state index contributed by atoms with van der Waals surface area (Å²) in [6, 6.07) is 16.2. The molecule has 0 atom stereocenters. The average molecular weight is 447 g/mol. The molecule has 0 saturated carbocycles. The maximum Gasteiger partial charge on any atom is 0.323 e. The molecular weight excluding hydrogens is 429 g/mol. The fraction of sp³-hybridized carbons (Fsp3) is 0.0870. The predicted molar refractivity (Wildman–Crippen MR) is 123 cm³/mol. The van der Waals surface area contributed by atoms with Crippen molar-refractivity contribution in [2.45, 2.75) is 11.4 Å². The summed E-state index contributed by atoms with van der Waals surface area (Å²) in [7, 11) is 0. The Morgan fingerprint density at radius 3 is 2.66 bits per heavy atom. The quantitative estimate of drug-likeness (QED) is 0.473. The smallest absolute Gasteiger partial charge is 0.308 e. The number of amides is 3. The number of benzene rings is 2. The summed E-state index contributed by atoms with van der Waals surface area (Å²) in [6.45, 7) is 0.333. The highest BCUT2D eigenvalue weighted by Crippen LogP contribution is 2.38. The van der Waals surface area contributed by atoms with E-state index in [2.05, 4.69) is 15.6 Å². The van der Waals surface area contributed by atoms with E-state index in [1.54, 1.807) is 17.0 Å². The number of pyridine rings is 1. The Kier molecular flexibility index (Phi) is 5.24. The lowest BCUT2D eigenvalue weighted by Gasteiger charge is -2.29. The van der Waals surface area contributed by atoms with Gasteiger partial charge in [-0.05, 0) is 54.6 Å². The molecule has 32 heavy (non-hydrogen) atoms. The Hall–Kier alpha value is -3.85. The van der Waals surface area contributed by atoms with Gasteiger partial charge in [-0.25, -0.2) is 14.2 Å². The molecule has 2 aromatic carbocycles. The van der Waals surface area contributed by atoms with Crippen molar-refractivity contribution >= 4 is 46.4 Å². The lowest BCUT2D eigenvalue weighted by Crippen LogP contribution is -2.35. The van der Waals surface area contributed by atoms with Gasteiger partial charge in [0.05, 0.1) is 23.7 Å². The van der Waals surface area contributed by atoms with Crippen LogP contribution in [0.25, 0.3) is 5.65 Å². The number of anilines is 3. The molecule has 5 rings (SSSR count). The molecule has 7 nitrogen and oxygen atoms in total. The minimum absolute atomic E-state index is 0.0209. The molecule has 0 radical (unpaired) electrons. The van der Waals surface area contributed by atoms with E-state index < -0.39 is 6.03 Å². The molecule has 3 amide bonds. The molecule has 160 valence electrons. The van der Waals surface area contributed by atoms with Crippen molar-refractivity contribution in [3.8, 4) is 0 Å². The average Bonchev–Trinajstić information content (AvgIpc) is 3.20. The number of aromatic nitrogens is 2. The molecule has 2 aromatic heterocycles. The van der Waals surface area contributed by atoms with Gasteiger partial charge in [0, 0.05) is 28.7 Å². The van der Waals surface area contributed by atoms with Crippen molar-refractivity contribution in [2.24, 2.45) is 0 Å². The number of rotatable bonds is 4. The first kappa shape index (κ1) is 20.1. The number of carbonyl (C=O) groups excluding carboxylic acids is 2. The second kappa shape index (κ2) is 8.35. The van der Waals surface area contributed by atoms with Crippen LogP contribution in [0.1, 0.15) is 5.69 Å². The SMILES string of the molecule is O=C(Nc1ccc(F)cc1)Nc1ccc2c(c1)N(Cc1cn3ccccc3n1)C(=O)CS2. The van der Waals surface area contributed by atoms with Gasteiger partial charge in [-0.3, -0.25) is 4.79 Å². The van der Waals surface area contributed by atoms with E-state index in [0.717, 1.165) is 21.9 Å². The summed E-state index contributed by atoms with van der Waals surface area (Å²) in [5.74, 6) is -0.0518. The first-order valence-electron chi connectivity index (χ1n) is 9.88. The maximum atomic E-state index is 13.0. The molecule has 0 spiro atoms. The second-order valence-electron chi connectivity index (χ2n) is 7.24. The number of urea groups is 1. The molecule has 0 fully saturated rings. The zero-order valence-corrected chi connectivity index (χ0v) is 17.6. The number of halogens is 1. The number of hydrogen-bond acceptors (Lipinski definition) is 4. The molecule has 0 saturated heterocycles. The Balaban J connectivity index is 1.36. The standard InChI is InChI=1S/C23H18FN5O2S/c24-15-4-6-16(7-5-15)26-23(31)27-17-8-9-20-19(11-17)29(22(30)14-32-20)13-18-12-28-10-2-1-3-21(28)25-18/h1-12H,13-14H2,(H2,26,27,31). The zero-order chi connectivity index (χ0) is 22.1. The highest BCUT2D eigenvalue weighted by atomic mass is 32.2. The van der Waals surface area contributed by atoms with Crippen molar-refractivity contribution in [1.82, 2.24) is 9.38 Å². The molecule has 4 aromatic rings. The molecule has 9 heteroatoms. The van der Waals surface area contributed by atoms with Crippen molar-refractivity contribution in [3.05, 3.63) is 84.6 Å². The van der Waals surface area contributed by atoms with E-state index in [9.17, 15) is 14.0 Å². The van der Waals surface area contributed by atoms with E-state index in [1.807, 2.05) is 41.1 Å². The van der Waals surface area contributed by atoms with Crippen LogP contribution in [0, 0.1) is 5.82 Å². The lowest BCUT2D eigenvalue weighted by molar-refractivity contribution is -0.116. The van der Waals surface area contributed by atoms with Crippen LogP contribution in [0.3, 0.4) is 0 Å². The number of thioether (sulfide) groups is 1. The summed E-state index contributed by atoms with van der Waals surface area (Å²) in [5, 5.41) is 5.42. The topological polar surface area (TPSA) is 78.7 Å². The molecule has 1 aliphatic heterocycles. The minimum atomic E-state index is -0.460. The van der Waals surface area contributed by atoms with Crippen molar-refractivity contribution < 1.29 is 14.0 Å². The fourth-order valence-electron chi connectivity index (χ4n) is 3.51. The van der Waals surface area contributed by atoms with Gasteiger partial charge in [-0.2, -0.15) is 0 Å². The zero-order valence-electron chi connectivity index (χ0n) is 16.8. The first-order valence-corrected chi connectivity index (χ1v) is 10.9. The highest BCUT2D eigenvalue weighted by molar-refractivity contribution is 8.00. The highest BCUT2D eigenvalue weighted by Gasteiger charge is 2.26. The number of carbonyl (C=O) groups is 2. The fourth-order valence-corrected chi connectivity index (χ4v) is 4.42. The molecule has 0 unspecified atom stereocenters. The van der Waals surface area contributed by atoms with E-state index >= 15 is 0 Å². The molecular formula is C23H18FN5O2S. The number of nitrogens with one attached hydrogen (secondary N) is 2. The maximum absolute atomic E-state index is 13.0. The summed E-state index contributed by atoms with van der Waals surface area (Å²) in [6.07, 6.45) is 3.82. The molecule has 3 heterocycles. The van der Waals surface area contributed by atoms with E-state index in [4.69, 9.17) is 0 Å². The third kappa shape index (κ3) is 4.15. The number of imidazole rings is 1. The van der Waals surface area contributed by atoms with Gasteiger partial charge in [-0.1, -0.05) is 6.07 Å². The monoisotopic (exact) mass is 447 g/mol. The van der Waals surface area contributed by atoms with Gasteiger partial charge >= 0.3 is 6.03 Å². The number of hydrogen-bond donors (Lipinski definition) is 2. The second-order valence-corrected chi connectivity index (χ2v) is 8.25. The van der Waals surface area contributed by atoms with Crippen LogP contribution in [0.15, 0.2) is 78.0 Å². The third-order valence-corrected chi connectivity index (χ3v) is 6.04. The van der Waals surface area contributed by atoms with Crippen LogP contribution in [0.4, 0.5) is 26.2 Å². The number of fused-ring (bicyclic) bond motifs is 2. The largest absolute Gasteiger partial charge is 0.323 e. The van der Waals surface area contributed by atoms with Crippen molar-refractivity contribution in [2.75, 3.05) is 21.3 Å². The van der Waals surface area contributed by atoms with Crippen LogP contribution in [0.5, 0.6) is 0 Å². The normalized spacial score (nSPS) is 13.2. The van der Waals surface area contributed by atoms with E-state index in [-0.39, 0.29) is 11.7 Å². The summed E-state index contributed by atoms with van der Waals surface area (Å²) in [4.78, 5) is 32.3. The lowest BCUT2D eigenvalue weighted by atomic mass is 10.2. The van der Waals surface area contributed by atoms with Gasteiger partial charge in [0.15, 0.2) is 0 Å². The first-order chi connectivity index (χ1) is 15.5. The molecule has 1 aliphatic rings. The third-order valence-electron chi connectivity index (χ3n) is 5.00. The Morgan fingerprint density at radius 2 is 1.84 bits per heavy atom. The Morgan fingerprint density at radius 1 is 1.06 bits per heavy atom.